The van der Waals surface area contributed by atoms with Crippen molar-refractivity contribution in [2.45, 2.75) is 64.2 Å². The van der Waals surface area contributed by atoms with Crippen molar-refractivity contribution in [2.24, 2.45) is 0 Å². The molecule has 17 heavy (non-hydrogen) atoms. The van der Waals surface area contributed by atoms with Crippen LogP contribution in [0.2, 0.25) is 0 Å². The molecule has 0 aromatic rings. The Bertz CT molecular complexity index is 185. The molecule has 0 aliphatic rings. The fraction of sp³-hybridized carbons (Fsp3) is 0.833. The Hall–Kier alpha value is -0.541. The van der Waals surface area contributed by atoms with Gasteiger partial charge < -0.3 is 19.8 Å². The first-order chi connectivity index (χ1) is 7.63. The number of carboxylic acid groups (broad SMARTS) is 2. The van der Waals surface area contributed by atoms with Crippen molar-refractivity contribution < 1.29 is 36.9 Å². The van der Waals surface area contributed by atoms with Gasteiger partial charge in [-0.1, -0.05) is 38.5 Å². The molecule has 0 radical (unpaired) electrons. The number of rotatable bonds is 11. The second kappa shape index (κ2) is 13.5. The first-order valence-corrected chi connectivity index (χ1v) is 6.02. The molecule has 0 rings (SSSR count). The summed E-state index contributed by atoms with van der Waals surface area (Å²) in [5.74, 6) is -1.94. The quantitative estimate of drug-likeness (QED) is 0.406. The van der Waals surface area contributed by atoms with Crippen LogP contribution in [0.15, 0.2) is 0 Å². The van der Waals surface area contributed by atoms with Gasteiger partial charge in [0.2, 0.25) is 0 Å². The molecule has 0 saturated carbocycles. The molecule has 0 heterocycles. The van der Waals surface area contributed by atoms with Crippen LogP contribution in [0.1, 0.15) is 64.2 Å². The summed E-state index contributed by atoms with van der Waals surface area (Å²) in [5, 5.41) is 20.2. The van der Waals surface area contributed by atoms with Crippen LogP contribution in [-0.2, 0) is 26.7 Å². The number of aliphatic carboxylic acids is 2. The molecule has 0 N–H and O–H groups in total. The van der Waals surface area contributed by atoms with E-state index in [9.17, 15) is 19.8 Å². The summed E-state index contributed by atoms with van der Waals surface area (Å²) in [6.45, 7) is 0. The molecule has 0 bridgehead atoms. The summed E-state index contributed by atoms with van der Waals surface area (Å²) in [6.07, 6.45) is 7.88. The predicted octanol–water partition coefficient (Wildman–Crippen LogP) is 0.385. The van der Waals surface area contributed by atoms with E-state index < -0.39 is 11.9 Å². The van der Waals surface area contributed by atoms with Gasteiger partial charge in [0.1, 0.15) is 0 Å². The van der Waals surface area contributed by atoms with Gasteiger partial charge in [-0.3, -0.25) is 0 Å². The van der Waals surface area contributed by atoms with Crippen molar-refractivity contribution in [1.29, 1.82) is 0 Å². The van der Waals surface area contributed by atoms with Gasteiger partial charge in [0.25, 0.3) is 0 Å². The fourth-order valence-corrected chi connectivity index (χ4v) is 1.60. The summed E-state index contributed by atoms with van der Waals surface area (Å²) >= 11 is 0. The average molecular weight is 284 g/mol. The smallest absolute Gasteiger partial charge is 0.550 e. The van der Waals surface area contributed by atoms with E-state index in [1.165, 1.54) is 0 Å². The molecule has 0 atom stereocenters. The Morgan fingerprint density at radius 1 is 0.588 bits per heavy atom. The summed E-state index contributed by atoms with van der Waals surface area (Å²) in [7, 11) is 0. The summed E-state index contributed by atoms with van der Waals surface area (Å²) in [5.41, 5.74) is 0. The van der Waals surface area contributed by atoms with E-state index in [0.29, 0.717) is 12.8 Å². The zero-order valence-electron chi connectivity index (χ0n) is 10.1. The molecule has 0 fully saturated rings. The fourth-order valence-electron chi connectivity index (χ4n) is 1.60. The van der Waals surface area contributed by atoms with Crippen LogP contribution < -0.4 is 10.2 Å². The standard InChI is InChI=1S/C12H22O4.Fe/c13-11(14)9-7-5-3-1-2-4-6-8-10-12(15)16;/h1-10H2,(H,13,14)(H,15,16);/q;+2/p-2. The molecule has 0 unspecified atom stereocenters. The molecule has 0 aromatic carbocycles. The van der Waals surface area contributed by atoms with Crippen LogP contribution in [0.5, 0.6) is 0 Å². The van der Waals surface area contributed by atoms with E-state index in [4.69, 9.17) is 0 Å². The molecule has 0 aliphatic heterocycles. The Balaban J connectivity index is 0. The maximum Gasteiger partial charge on any atom is 2.00 e. The Labute approximate surface area is 113 Å². The van der Waals surface area contributed by atoms with Crippen molar-refractivity contribution in [2.75, 3.05) is 0 Å². The summed E-state index contributed by atoms with van der Waals surface area (Å²) < 4.78 is 0. The van der Waals surface area contributed by atoms with Gasteiger partial charge >= 0.3 is 17.1 Å². The molecular weight excluding hydrogens is 264 g/mol. The molecule has 0 aromatic heterocycles. The van der Waals surface area contributed by atoms with E-state index in [1.807, 2.05) is 0 Å². The first-order valence-electron chi connectivity index (χ1n) is 6.02. The van der Waals surface area contributed by atoms with E-state index in [1.54, 1.807) is 0 Å². The largest absolute Gasteiger partial charge is 2.00 e. The molecule has 0 saturated heterocycles. The minimum atomic E-state index is -0.970. The van der Waals surface area contributed by atoms with Gasteiger partial charge in [0, 0.05) is 11.9 Å². The van der Waals surface area contributed by atoms with Gasteiger partial charge in [0.15, 0.2) is 0 Å². The van der Waals surface area contributed by atoms with Gasteiger partial charge in [-0.2, -0.15) is 0 Å². The van der Waals surface area contributed by atoms with Crippen LogP contribution >= 0.6 is 0 Å². The van der Waals surface area contributed by atoms with Crippen molar-refractivity contribution in [3.05, 3.63) is 0 Å². The third-order valence-electron chi connectivity index (χ3n) is 2.51. The van der Waals surface area contributed by atoms with Crippen LogP contribution in [0.4, 0.5) is 0 Å². The maximum absolute atomic E-state index is 10.1. The minimum Gasteiger partial charge on any atom is -0.550 e. The van der Waals surface area contributed by atoms with Crippen molar-refractivity contribution >= 4 is 11.9 Å². The van der Waals surface area contributed by atoms with E-state index in [-0.39, 0.29) is 29.9 Å². The summed E-state index contributed by atoms with van der Waals surface area (Å²) in [4.78, 5) is 20.2. The van der Waals surface area contributed by atoms with E-state index in [2.05, 4.69) is 0 Å². The first kappa shape index (κ1) is 18.8. The molecular formula is C12H20FeO4. The third-order valence-corrected chi connectivity index (χ3v) is 2.51. The molecule has 5 heteroatoms. The van der Waals surface area contributed by atoms with Crippen molar-refractivity contribution in [1.82, 2.24) is 0 Å². The Kier molecular flexibility index (Phi) is 15.0. The van der Waals surface area contributed by atoms with E-state index in [0.717, 1.165) is 38.5 Å². The van der Waals surface area contributed by atoms with Gasteiger partial charge in [-0.15, -0.1) is 0 Å². The van der Waals surface area contributed by atoms with E-state index >= 15 is 0 Å². The molecule has 0 spiro atoms. The zero-order chi connectivity index (χ0) is 12.2. The normalized spacial score (nSPS) is 9.65. The van der Waals surface area contributed by atoms with Crippen LogP contribution in [0.3, 0.4) is 0 Å². The molecule has 0 amide bonds. The maximum atomic E-state index is 10.1. The third kappa shape index (κ3) is 18.0. The second-order valence-corrected chi connectivity index (χ2v) is 4.07. The van der Waals surface area contributed by atoms with Crippen LogP contribution in [-0.4, -0.2) is 11.9 Å². The van der Waals surface area contributed by atoms with Crippen molar-refractivity contribution in [3.63, 3.8) is 0 Å². The summed E-state index contributed by atoms with van der Waals surface area (Å²) in [6, 6.07) is 0. The molecule has 4 nitrogen and oxygen atoms in total. The predicted molar refractivity (Wildman–Crippen MR) is 56.2 cm³/mol. The van der Waals surface area contributed by atoms with Crippen LogP contribution in [0, 0.1) is 0 Å². The number of hydrogen-bond acceptors (Lipinski definition) is 4. The second-order valence-electron chi connectivity index (χ2n) is 4.07. The van der Waals surface area contributed by atoms with Crippen molar-refractivity contribution in [3.8, 4) is 0 Å². The number of hydrogen-bond donors (Lipinski definition) is 0. The number of unbranched alkanes of at least 4 members (excludes halogenated alkanes) is 7. The molecule has 100 valence electrons. The SMILES string of the molecule is O=C([O-])CCCCCCCCCCC(=O)[O-].[Fe+2]. The zero-order valence-corrected chi connectivity index (χ0v) is 11.2. The number of carboxylic acids is 2. The van der Waals surface area contributed by atoms with Crippen LogP contribution in [0.25, 0.3) is 0 Å². The topological polar surface area (TPSA) is 80.3 Å². The monoisotopic (exact) mass is 284 g/mol. The minimum absolute atomic E-state index is 0. The Morgan fingerprint density at radius 3 is 1.06 bits per heavy atom. The number of carbonyl (C=O) groups excluding carboxylic acids is 2. The van der Waals surface area contributed by atoms with Gasteiger partial charge in [-0.05, 0) is 25.7 Å². The van der Waals surface area contributed by atoms with Gasteiger partial charge in [-0.25, -0.2) is 0 Å². The Morgan fingerprint density at radius 2 is 0.824 bits per heavy atom. The number of carbonyl (C=O) groups is 2. The molecule has 0 aliphatic carbocycles. The van der Waals surface area contributed by atoms with Gasteiger partial charge in [0.05, 0.1) is 0 Å². The average Bonchev–Trinajstić information content (AvgIpc) is 2.20.